The van der Waals surface area contributed by atoms with Gasteiger partial charge in [-0.15, -0.1) is 0 Å². The van der Waals surface area contributed by atoms with Crippen LogP contribution in [0.2, 0.25) is 0 Å². The zero-order valence-corrected chi connectivity index (χ0v) is 12.1. The average molecular weight is 306 g/mol. The SMILES string of the molecule is Cc1ccc(N)cc1S(=O)(=O)Cc1ccccc1[N+](=O)[O-]. The summed E-state index contributed by atoms with van der Waals surface area (Å²) in [6.45, 7) is 1.66. The van der Waals surface area contributed by atoms with Gasteiger partial charge in [0.15, 0.2) is 9.84 Å². The molecule has 0 fully saturated rings. The first-order valence-electron chi connectivity index (χ1n) is 6.12. The van der Waals surface area contributed by atoms with E-state index in [2.05, 4.69) is 0 Å². The number of hydrogen-bond acceptors (Lipinski definition) is 5. The second-order valence-electron chi connectivity index (χ2n) is 4.67. The van der Waals surface area contributed by atoms with E-state index >= 15 is 0 Å². The van der Waals surface area contributed by atoms with Gasteiger partial charge in [-0.2, -0.15) is 0 Å². The fourth-order valence-electron chi connectivity index (χ4n) is 2.05. The van der Waals surface area contributed by atoms with Crippen molar-refractivity contribution in [1.29, 1.82) is 0 Å². The van der Waals surface area contributed by atoms with Crippen LogP contribution in [-0.4, -0.2) is 13.3 Å². The number of rotatable bonds is 4. The Morgan fingerprint density at radius 1 is 1.19 bits per heavy atom. The van der Waals surface area contributed by atoms with Gasteiger partial charge in [-0.25, -0.2) is 8.42 Å². The van der Waals surface area contributed by atoms with Gasteiger partial charge in [-0.05, 0) is 24.6 Å². The Bertz CT molecular complexity index is 800. The molecular weight excluding hydrogens is 292 g/mol. The van der Waals surface area contributed by atoms with Gasteiger partial charge in [0.1, 0.15) is 0 Å². The van der Waals surface area contributed by atoms with Crippen LogP contribution in [0, 0.1) is 17.0 Å². The van der Waals surface area contributed by atoms with Crippen LogP contribution in [0.25, 0.3) is 0 Å². The van der Waals surface area contributed by atoms with Crippen LogP contribution in [-0.2, 0) is 15.6 Å². The summed E-state index contributed by atoms with van der Waals surface area (Å²) in [5, 5.41) is 11.0. The minimum atomic E-state index is -3.71. The lowest BCUT2D eigenvalue weighted by Gasteiger charge is -2.09. The first-order valence-corrected chi connectivity index (χ1v) is 7.77. The van der Waals surface area contributed by atoms with Crippen LogP contribution < -0.4 is 5.73 Å². The zero-order chi connectivity index (χ0) is 15.6. The smallest absolute Gasteiger partial charge is 0.273 e. The molecule has 0 aromatic heterocycles. The molecule has 0 spiro atoms. The Morgan fingerprint density at radius 2 is 1.86 bits per heavy atom. The van der Waals surface area contributed by atoms with Crippen LogP contribution in [0.15, 0.2) is 47.4 Å². The Hall–Kier alpha value is -2.41. The molecule has 0 heterocycles. The van der Waals surface area contributed by atoms with Gasteiger partial charge in [0, 0.05) is 17.3 Å². The highest BCUT2D eigenvalue weighted by atomic mass is 32.2. The number of nitrogens with zero attached hydrogens (tertiary/aromatic N) is 1. The third-order valence-corrected chi connectivity index (χ3v) is 4.88. The van der Waals surface area contributed by atoms with Crippen molar-refractivity contribution in [3.8, 4) is 0 Å². The highest BCUT2D eigenvalue weighted by Gasteiger charge is 2.23. The largest absolute Gasteiger partial charge is 0.399 e. The number of nitrogen functional groups attached to an aromatic ring is 1. The minimum Gasteiger partial charge on any atom is -0.399 e. The van der Waals surface area contributed by atoms with Crippen molar-refractivity contribution >= 4 is 21.2 Å². The summed E-state index contributed by atoms with van der Waals surface area (Å²) in [6, 6.07) is 10.4. The number of anilines is 1. The van der Waals surface area contributed by atoms with Gasteiger partial charge in [0.05, 0.1) is 15.6 Å². The van der Waals surface area contributed by atoms with E-state index in [-0.39, 0.29) is 16.1 Å². The first-order chi connectivity index (χ1) is 9.81. The predicted molar refractivity (Wildman–Crippen MR) is 79.6 cm³/mol. The third-order valence-electron chi connectivity index (χ3n) is 3.08. The summed E-state index contributed by atoms with van der Waals surface area (Å²) >= 11 is 0. The van der Waals surface area contributed by atoms with Crippen LogP contribution >= 0.6 is 0 Å². The number of sulfone groups is 1. The van der Waals surface area contributed by atoms with Gasteiger partial charge < -0.3 is 5.73 Å². The molecule has 21 heavy (non-hydrogen) atoms. The normalized spacial score (nSPS) is 11.3. The van der Waals surface area contributed by atoms with E-state index in [0.717, 1.165) is 0 Å². The molecule has 0 aliphatic heterocycles. The van der Waals surface area contributed by atoms with Crippen molar-refractivity contribution in [3.63, 3.8) is 0 Å². The lowest BCUT2D eigenvalue weighted by Crippen LogP contribution is -2.09. The van der Waals surface area contributed by atoms with Crippen molar-refractivity contribution in [2.45, 2.75) is 17.6 Å². The topological polar surface area (TPSA) is 103 Å². The van der Waals surface area contributed by atoms with Gasteiger partial charge in [-0.3, -0.25) is 10.1 Å². The minimum absolute atomic E-state index is 0.0978. The van der Waals surface area contributed by atoms with E-state index in [1.807, 2.05) is 0 Å². The molecule has 0 radical (unpaired) electrons. The summed E-state index contributed by atoms with van der Waals surface area (Å²) < 4.78 is 24.9. The molecule has 7 heteroatoms. The maximum absolute atomic E-state index is 12.5. The molecule has 2 aromatic carbocycles. The number of benzene rings is 2. The monoisotopic (exact) mass is 306 g/mol. The maximum atomic E-state index is 12.5. The number of nitro benzene ring substituents is 1. The molecule has 0 saturated heterocycles. The zero-order valence-electron chi connectivity index (χ0n) is 11.3. The highest BCUT2D eigenvalue weighted by Crippen LogP contribution is 2.26. The molecule has 2 aromatic rings. The summed E-state index contributed by atoms with van der Waals surface area (Å²) in [7, 11) is -3.71. The fourth-order valence-corrected chi connectivity index (χ4v) is 3.73. The molecule has 0 unspecified atom stereocenters. The van der Waals surface area contributed by atoms with Gasteiger partial charge in [0.25, 0.3) is 5.69 Å². The summed E-state index contributed by atoms with van der Waals surface area (Å²) in [5.74, 6) is -0.436. The van der Waals surface area contributed by atoms with E-state index < -0.39 is 20.5 Å². The average Bonchev–Trinajstić information content (AvgIpc) is 2.41. The van der Waals surface area contributed by atoms with Crippen molar-refractivity contribution < 1.29 is 13.3 Å². The van der Waals surface area contributed by atoms with Crippen molar-refractivity contribution in [3.05, 3.63) is 63.7 Å². The van der Waals surface area contributed by atoms with Crippen LogP contribution in [0.5, 0.6) is 0 Å². The second-order valence-corrected chi connectivity index (χ2v) is 6.63. The Labute approximate surface area is 122 Å². The van der Waals surface area contributed by atoms with E-state index in [4.69, 9.17) is 5.73 Å². The van der Waals surface area contributed by atoms with E-state index in [1.54, 1.807) is 25.1 Å². The molecular formula is C14H14N2O4S. The molecule has 0 aliphatic carbocycles. The summed E-state index contributed by atoms with van der Waals surface area (Å²) in [4.78, 5) is 10.5. The number of nitro groups is 1. The molecule has 0 amide bonds. The molecule has 2 rings (SSSR count). The molecule has 110 valence electrons. The third kappa shape index (κ3) is 3.19. The molecule has 0 saturated carbocycles. The highest BCUT2D eigenvalue weighted by molar-refractivity contribution is 7.90. The van der Waals surface area contributed by atoms with Gasteiger partial charge in [0.2, 0.25) is 0 Å². The summed E-state index contributed by atoms with van der Waals surface area (Å²) in [6.07, 6.45) is 0. The van der Waals surface area contributed by atoms with E-state index in [9.17, 15) is 18.5 Å². The van der Waals surface area contributed by atoms with E-state index in [0.29, 0.717) is 11.3 Å². The Morgan fingerprint density at radius 3 is 2.52 bits per heavy atom. The van der Waals surface area contributed by atoms with Crippen LogP contribution in [0.4, 0.5) is 11.4 Å². The maximum Gasteiger partial charge on any atom is 0.273 e. The number of nitrogens with two attached hydrogens (primary N) is 1. The lowest BCUT2D eigenvalue weighted by molar-refractivity contribution is -0.385. The second kappa shape index (κ2) is 5.53. The van der Waals surface area contributed by atoms with E-state index in [1.165, 1.54) is 24.3 Å². The molecule has 6 nitrogen and oxygen atoms in total. The van der Waals surface area contributed by atoms with Crippen LogP contribution in [0.3, 0.4) is 0 Å². The standard InChI is InChI=1S/C14H14N2O4S/c1-10-6-7-12(15)8-14(10)21(19,20)9-11-4-2-3-5-13(11)16(17)18/h2-8H,9,15H2,1H3. The van der Waals surface area contributed by atoms with Gasteiger partial charge in [-0.1, -0.05) is 24.3 Å². The van der Waals surface area contributed by atoms with Crippen molar-refractivity contribution in [2.24, 2.45) is 0 Å². The Balaban J connectivity index is 2.48. The quantitative estimate of drug-likeness (QED) is 0.531. The number of para-hydroxylation sites is 1. The van der Waals surface area contributed by atoms with Crippen LogP contribution in [0.1, 0.15) is 11.1 Å². The molecule has 0 atom stereocenters. The Kier molecular flexibility index (Phi) is 3.95. The number of aryl methyl sites for hydroxylation is 1. The first kappa shape index (κ1) is 15.0. The molecule has 0 bridgehead atoms. The summed E-state index contributed by atoms with van der Waals surface area (Å²) in [5.41, 5.74) is 6.47. The molecule has 2 N–H and O–H groups in total. The number of hydrogen-bond donors (Lipinski definition) is 1. The van der Waals surface area contributed by atoms with Gasteiger partial charge >= 0.3 is 0 Å². The van der Waals surface area contributed by atoms with Crippen molar-refractivity contribution in [2.75, 3.05) is 5.73 Å². The predicted octanol–water partition coefficient (Wildman–Crippen LogP) is 2.46. The lowest BCUT2D eigenvalue weighted by atomic mass is 10.2. The van der Waals surface area contributed by atoms with Crippen molar-refractivity contribution in [1.82, 2.24) is 0 Å². The fraction of sp³-hybridized carbons (Fsp3) is 0.143. The molecule has 0 aliphatic rings.